The highest BCUT2D eigenvalue weighted by Crippen LogP contribution is 2.25. The molecule has 1 N–H and O–H groups in total. The third-order valence-electron chi connectivity index (χ3n) is 3.31. The number of sulfonamides is 1. The fourth-order valence-corrected chi connectivity index (χ4v) is 4.04. The molecular weight excluding hydrogens is 347 g/mol. The van der Waals surface area contributed by atoms with Crippen LogP contribution in [0.3, 0.4) is 0 Å². The summed E-state index contributed by atoms with van der Waals surface area (Å²) in [5, 5.41) is 0. The van der Waals surface area contributed by atoms with E-state index in [1.807, 2.05) is 25.9 Å². The molecule has 0 unspecified atom stereocenters. The lowest BCUT2D eigenvalue weighted by atomic mass is 10.2. The van der Waals surface area contributed by atoms with E-state index in [-0.39, 0.29) is 10.6 Å². The Hall–Kier alpha value is -1.57. The normalized spacial score (nSPS) is 11.7. The van der Waals surface area contributed by atoms with Gasteiger partial charge in [0.15, 0.2) is 0 Å². The summed E-state index contributed by atoms with van der Waals surface area (Å²) < 4.78 is 41.2. The van der Waals surface area contributed by atoms with Gasteiger partial charge >= 0.3 is 0 Å². The summed E-state index contributed by atoms with van der Waals surface area (Å²) in [7, 11) is 0.198. The lowest BCUT2D eigenvalue weighted by Crippen LogP contribution is -2.15. The van der Waals surface area contributed by atoms with Crippen LogP contribution in [0.15, 0.2) is 52.3 Å². The van der Waals surface area contributed by atoms with Crippen LogP contribution < -0.4 is 4.72 Å². The zero-order valence-electron chi connectivity index (χ0n) is 13.9. The van der Waals surface area contributed by atoms with Crippen molar-refractivity contribution < 1.29 is 12.8 Å². The molecule has 0 spiro atoms. The highest BCUT2D eigenvalue weighted by molar-refractivity contribution is 7.99. The maximum atomic E-state index is 14.1. The molecule has 0 aromatic heterocycles. The number of nitrogens with zero attached hydrogens (tertiary/aromatic N) is 1. The molecule has 0 saturated carbocycles. The number of aryl methyl sites for hydroxylation is 1. The zero-order chi connectivity index (χ0) is 17.7. The van der Waals surface area contributed by atoms with Crippen LogP contribution in [0.25, 0.3) is 0 Å². The van der Waals surface area contributed by atoms with Crippen molar-refractivity contribution in [2.45, 2.75) is 16.7 Å². The van der Waals surface area contributed by atoms with Crippen LogP contribution in [0.4, 0.5) is 10.1 Å². The number of thioether (sulfide) groups is 1. The van der Waals surface area contributed by atoms with Crippen molar-refractivity contribution in [2.24, 2.45) is 0 Å². The molecular formula is C17H21FN2O2S2. The second-order valence-electron chi connectivity index (χ2n) is 5.72. The van der Waals surface area contributed by atoms with Gasteiger partial charge in [-0.3, -0.25) is 4.72 Å². The van der Waals surface area contributed by atoms with Gasteiger partial charge in [0.1, 0.15) is 5.82 Å². The summed E-state index contributed by atoms with van der Waals surface area (Å²) in [6.07, 6.45) is 0. The minimum atomic E-state index is -3.72. The molecule has 4 nitrogen and oxygen atoms in total. The maximum Gasteiger partial charge on any atom is 0.261 e. The Balaban J connectivity index is 2.10. The van der Waals surface area contributed by atoms with Crippen molar-refractivity contribution >= 4 is 27.5 Å². The van der Waals surface area contributed by atoms with Gasteiger partial charge in [0.2, 0.25) is 0 Å². The summed E-state index contributed by atoms with van der Waals surface area (Å²) in [6.45, 7) is 2.72. The van der Waals surface area contributed by atoms with Crippen molar-refractivity contribution in [3.05, 3.63) is 53.8 Å². The smallest absolute Gasteiger partial charge is 0.261 e. The minimum absolute atomic E-state index is 0.151. The van der Waals surface area contributed by atoms with Crippen LogP contribution in [-0.2, 0) is 10.0 Å². The number of hydrogen-bond acceptors (Lipinski definition) is 4. The molecule has 0 aliphatic carbocycles. The number of halogens is 1. The van der Waals surface area contributed by atoms with Crippen LogP contribution in [0.1, 0.15) is 5.56 Å². The molecule has 0 radical (unpaired) electrons. The molecule has 0 saturated heterocycles. The van der Waals surface area contributed by atoms with Crippen molar-refractivity contribution in [1.82, 2.24) is 4.90 Å². The third-order valence-corrected chi connectivity index (χ3v) is 5.74. The highest BCUT2D eigenvalue weighted by atomic mass is 32.2. The van der Waals surface area contributed by atoms with Gasteiger partial charge in [0, 0.05) is 17.2 Å². The predicted molar refractivity (Wildman–Crippen MR) is 97.7 cm³/mol. The Bertz CT molecular complexity index is 791. The predicted octanol–water partition coefficient (Wildman–Crippen LogP) is 3.59. The van der Waals surface area contributed by atoms with Crippen LogP contribution in [0.5, 0.6) is 0 Å². The SMILES string of the molecule is Cc1ccc(S(=O)(=O)Nc2ccc(SCCN(C)C)c(F)c2)cc1. The summed E-state index contributed by atoms with van der Waals surface area (Å²) in [5.74, 6) is 0.334. The van der Waals surface area contributed by atoms with Gasteiger partial charge in [-0.1, -0.05) is 17.7 Å². The van der Waals surface area contributed by atoms with E-state index in [0.29, 0.717) is 4.90 Å². The van der Waals surface area contributed by atoms with E-state index in [1.165, 1.54) is 30.0 Å². The third kappa shape index (κ3) is 5.22. The van der Waals surface area contributed by atoms with E-state index < -0.39 is 15.8 Å². The summed E-state index contributed by atoms with van der Waals surface area (Å²) in [6, 6.07) is 10.9. The molecule has 0 fully saturated rings. The molecule has 24 heavy (non-hydrogen) atoms. The molecule has 0 atom stereocenters. The number of nitrogens with one attached hydrogen (secondary N) is 1. The first-order valence-corrected chi connectivity index (χ1v) is 9.91. The molecule has 0 aliphatic rings. The Labute approximate surface area is 147 Å². The van der Waals surface area contributed by atoms with E-state index in [2.05, 4.69) is 4.72 Å². The summed E-state index contributed by atoms with van der Waals surface area (Å²) in [5.41, 5.74) is 1.18. The molecule has 0 amide bonds. The van der Waals surface area contributed by atoms with Gasteiger partial charge in [-0.2, -0.15) is 0 Å². The number of benzene rings is 2. The first kappa shape index (κ1) is 18.8. The molecule has 2 aromatic carbocycles. The van der Waals surface area contributed by atoms with Crippen LogP contribution in [0.2, 0.25) is 0 Å². The Morgan fingerprint density at radius 3 is 2.38 bits per heavy atom. The van der Waals surface area contributed by atoms with E-state index in [1.54, 1.807) is 24.3 Å². The fourth-order valence-electron chi connectivity index (χ4n) is 1.95. The average Bonchev–Trinajstić information content (AvgIpc) is 2.49. The van der Waals surface area contributed by atoms with E-state index >= 15 is 0 Å². The van der Waals surface area contributed by atoms with Crippen molar-refractivity contribution in [1.29, 1.82) is 0 Å². The molecule has 0 heterocycles. The Morgan fingerprint density at radius 1 is 1.12 bits per heavy atom. The van der Waals surface area contributed by atoms with E-state index in [0.717, 1.165) is 17.9 Å². The number of anilines is 1. The van der Waals surface area contributed by atoms with Gasteiger partial charge in [-0.15, -0.1) is 11.8 Å². The van der Waals surface area contributed by atoms with Crippen molar-refractivity contribution in [3.8, 4) is 0 Å². The van der Waals surface area contributed by atoms with Crippen LogP contribution in [0, 0.1) is 12.7 Å². The Morgan fingerprint density at radius 2 is 1.79 bits per heavy atom. The summed E-state index contributed by atoms with van der Waals surface area (Å²) >= 11 is 1.41. The molecule has 0 aliphatic heterocycles. The maximum absolute atomic E-state index is 14.1. The van der Waals surface area contributed by atoms with Gasteiger partial charge < -0.3 is 4.90 Å². The second kappa shape index (κ2) is 8.00. The molecule has 7 heteroatoms. The zero-order valence-corrected chi connectivity index (χ0v) is 15.5. The average molecular weight is 368 g/mol. The number of hydrogen-bond donors (Lipinski definition) is 1. The van der Waals surface area contributed by atoms with Crippen LogP contribution in [-0.4, -0.2) is 39.7 Å². The highest BCUT2D eigenvalue weighted by Gasteiger charge is 2.15. The molecule has 0 bridgehead atoms. The molecule has 2 rings (SSSR count). The van der Waals surface area contributed by atoms with Gasteiger partial charge in [0.05, 0.1) is 10.6 Å². The second-order valence-corrected chi connectivity index (χ2v) is 8.53. The lowest BCUT2D eigenvalue weighted by molar-refractivity contribution is 0.437. The largest absolute Gasteiger partial charge is 0.309 e. The summed E-state index contributed by atoms with van der Waals surface area (Å²) in [4.78, 5) is 2.68. The van der Waals surface area contributed by atoms with Gasteiger partial charge in [-0.25, -0.2) is 12.8 Å². The first-order chi connectivity index (χ1) is 11.3. The van der Waals surface area contributed by atoms with Crippen molar-refractivity contribution in [2.75, 3.05) is 31.1 Å². The molecule has 130 valence electrons. The Kier molecular flexibility index (Phi) is 6.26. The van der Waals surface area contributed by atoms with E-state index in [4.69, 9.17) is 0 Å². The quantitative estimate of drug-likeness (QED) is 0.759. The lowest BCUT2D eigenvalue weighted by Gasteiger charge is -2.11. The topological polar surface area (TPSA) is 49.4 Å². The minimum Gasteiger partial charge on any atom is -0.309 e. The van der Waals surface area contributed by atoms with Crippen LogP contribution >= 0.6 is 11.8 Å². The van der Waals surface area contributed by atoms with Gasteiger partial charge in [-0.05, 0) is 51.4 Å². The van der Waals surface area contributed by atoms with Gasteiger partial charge in [0.25, 0.3) is 10.0 Å². The number of rotatable bonds is 7. The first-order valence-electron chi connectivity index (χ1n) is 7.44. The van der Waals surface area contributed by atoms with E-state index in [9.17, 15) is 12.8 Å². The standard InChI is InChI=1S/C17H21FN2O2S2/c1-13-4-7-15(8-5-13)24(21,22)19-14-6-9-17(16(18)12-14)23-11-10-20(2)3/h4-9,12,19H,10-11H2,1-3H3. The molecule has 2 aromatic rings. The monoisotopic (exact) mass is 368 g/mol. The van der Waals surface area contributed by atoms with Crippen molar-refractivity contribution in [3.63, 3.8) is 0 Å². The fraction of sp³-hybridized carbons (Fsp3) is 0.294.